The number of thiol groups is 1. The highest BCUT2D eigenvalue weighted by Crippen LogP contribution is 2.28. The summed E-state index contributed by atoms with van der Waals surface area (Å²) in [5, 5.41) is 7.81. The summed E-state index contributed by atoms with van der Waals surface area (Å²) in [5.41, 5.74) is 2.57. The first kappa shape index (κ1) is 13.0. The molecule has 0 fully saturated rings. The molecule has 1 atom stereocenters. The van der Waals surface area contributed by atoms with Gasteiger partial charge in [0.2, 0.25) is 0 Å². The highest BCUT2D eigenvalue weighted by molar-refractivity contribution is 7.80. The number of aliphatic carboxylic acids is 1. The molecule has 0 saturated heterocycles. The van der Waals surface area contributed by atoms with Crippen molar-refractivity contribution in [1.29, 1.82) is 0 Å². The van der Waals surface area contributed by atoms with E-state index in [1.54, 1.807) is 12.1 Å². The quantitative estimate of drug-likeness (QED) is 0.658. The fourth-order valence-electron chi connectivity index (χ4n) is 1.69. The van der Waals surface area contributed by atoms with Gasteiger partial charge in [0.1, 0.15) is 0 Å². The first-order valence-electron chi connectivity index (χ1n) is 5.35. The summed E-state index contributed by atoms with van der Waals surface area (Å²) in [6, 6.07) is 14.9. The Morgan fingerprint density at radius 1 is 1.11 bits per heavy atom. The molecule has 92 valence electrons. The molecule has 1 unspecified atom stereocenters. The lowest BCUT2D eigenvalue weighted by Crippen LogP contribution is -2.04. The van der Waals surface area contributed by atoms with E-state index in [0.29, 0.717) is 5.56 Å². The maximum absolute atomic E-state index is 10.8. The standard InChI is InChI=1S/C14H11ClO2S/c15-13(14(16)17)10-7-5-9(6-8-10)11-3-1-2-4-12(11)18/h1-8,13,18H,(H,16,17). The van der Waals surface area contributed by atoms with Crippen LogP contribution in [0.2, 0.25) is 0 Å². The number of hydrogen-bond acceptors (Lipinski definition) is 2. The van der Waals surface area contributed by atoms with Gasteiger partial charge in [-0.1, -0.05) is 42.5 Å². The third kappa shape index (κ3) is 2.68. The number of carboxylic acid groups (broad SMARTS) is 1. The van der Waals surface area contributed by atoms with Crippen LogP contribution in [-0.2, 0) is 4.79 Å². The van der Waals surface area contributed by atoms with E-state index in [0.717, 1.165) is 16.0 Å². The SMILES string of the molecule is O=C(O)C(Cl)c1ccc(-c2ccccc2S)cc1. The smallest absolute Gasteiger partial charge is 0.326 e. The largest absolute Gasteiger partial charge is 0.480 e. The highest BCUT2D eigenvalue weighted by atomic mass is 35.5. The van der Waals surface area contributed by atoms with Crippen LogP contribution >= 0.6 is 24.2 Å². The van der Waals surface area contributed by atoms with E-state index in [1.807, 2.05) is 36.4 Å². The van der Waals surface area contributed by atoms with E-state index in [1.165, 1.54) is 0 Å². The van der Waals surface area contributed by atoms with Crippen molar-refractivity contribution >= 4 is 30.2 Å². The van der Waals surface area contributed by atoms with Crippen LogP contribution in [0.5, 0.6) is 0 Å². The van der Waals surface area contributed by atoms with Gasteiger partial charge >= 0.3 is 5.97 Å². The number of benzene rings is 2. The molecule has 2 rings (SSSR count). The third-order valence-electron chi connectivity index (χ3n) is 2.64. The molecule has 2 nitrogen and oxygen atoms in total. The van der Waals surface area contributed by atoms with Crippen LogP contribution in [0.15, 0.2) is 53.4 Å². The number of halogens is 1. The normalized spacial score (nSPS) is 12.1. The molecule has 1 N–H and O–H groups in total. The summed E-state index contributed by atoms with van der Waals surface area (Å²) in [6.45, 7) is 0. The molecule has 0 heterocycles. The van der Waals surface area contributed by atoms with Crippen molar-refractivity contribution < 1.29 is 9.90 Å². The molecule has 0 spiro atoms. The first-order valence-corrected chi connectivity index (χ1v) is 6.23. The van der Waals surface area contributed by atoms with E-state index < -0.39 is 11.3 Å². The van der Waals surface area contributed by atoms with Crippen LogP contribution in [0, 0.1) is 0 Å². The summed E-state index contributed by atoms with van der Waals surface area (Å²) in [6.07, 6.45) is 0. The first-order chi connectivity index (χ1) is 8.59. The summed E-state index contributed by atoms with van der Waals surface area (Å²) >= 11 is 10.1. The molecule has 0 amide bonds. The maximum atomic E-state index is 10.8. The van der Waals surface area contributed by atoms with Crippen LogP contribution in [0.25, 0.3) is 11.1 Å². The molecule has 0 aliphatic rings. The zero-order valence-corrected chi connectivity index (χ0v) is 11.0. The van der Waals surface area contributed by atoms with Gasteiger partial charge in [-0.15, -0.1) is 24.2 Å². The Balaban J connectivity index is 2.34. The predicted molar refractivity (Wildman–Crippen MR) is 75.4 cm³/mol. The molecule has 0 aliphatic heterocycles. The Morgan fingerprint density at radius 3 is 2.28 bits per heavy atom. The van der Waals surface area contributed by atoms with Gasteiger partial charge in [-0.05, 0) is 22.8 Å². The number of carbonyl (C=O) groups is 1. The lowest BCUT2D eigenvalue weighted by atomic mass is 10.0. The van der Waals surface area contributed by atoms with Gasteiger partial charge in [0.25, 0.3) is 0 Å². The Morgan fingerprint density at radius 2 is 1.72 bits per heavy atom. The molecule has 0 saturated carbocycles. The minimum Gasteiger partial charge on any atom is -0.480 e. The van der Waals surface area contributed by atoms with Crippen molar-refractivity contribution in [3.8, 4) is 11.1 Å². The lowest BCUT2D eigenvalue weighted by Gasteiger charge is -2.08. The minimum atomic E-state index is -1.04. The van der Waals surface area contributed by atoms with Crippen LogP contribution in [-0.4, -0.2) is 11.1 Å². The summed E-state index contributed by atoms with van der Waals surface area (Å²) < 4.78 is 0. The summed E-state index contributed by atoms with van der Waals surface area (Å²) in [7, 11) is 0. The third-order valence-corrected chi connectivity index (χ3v) is 3.46. The van der Waals surface area contributed by atoms with Crippen LogP contribution in [0.1, 0.15) is 10.9 Å². The van der Waals surface area contributed by atoms with Crippen molar-refractivity contribution in [1.82, 2.24) is 0 Å². The van der Waals surface area contributed by atoms with Crippen molar-refractivity contribution in [2.24, 2.45) is 0 Å². The van der Waals surface area contributed by atoms with Gasteiger partial charge in [-0.3, -0.25) is 4.79 Å². The molecular formula is C14H11ClO2S. The zero-order chi connectivity index (χ0) is 13.1. The fraction of sp³-hybridized carbons (Fsp3) is 0.0714. The fourth-order valence-corrected chi connectivity index (χ4v) is 2.13. The van der Waals surface area contributed by atoms with Crippen molar-refractivity contribution in [3.05, 3.63) is 54.1 Å². The molecule has 2 aromatic rings. The minimum absolute atomic E-state index is 0.574. The Labute approximate surface area is 116 Å². The molecule has 18 heavy (non-hydrogen) atoms. The van der Waals surface area contributed by atoms with Crippen molar-refractivity contribution in [2.75, 3.05) is 0 Å². The second-order valence-electron chi connectivity index (χ2n) is 3.84. The maximum Gasteiger partial charge on any atom is 0.326 e. The average Bonchev–Trinajstić information content (AvgIpc) is 2.38. The van der Waals surface area contributed by atoms with E-state index in [-0.39, 0.29) is 0 Å². The van der Waals surface area contributed by atoms with E-state index in [4.69, 9.17) is 16.7 Å². The van der Waals surface area contributed by atoms with Gasteiger partial charge in [0, 0.05) is 4.90 Å². The van der Waals surface area contributed by atoms with Crippen molar-refractivity contribution in [3.63, 3.8) is 0 Å². The van der Waals surface area contributed by atoms with Gasteiger partial charge in [-0.25, -0.2) is 0 Å². The highest BCUT2D eigenvalue weighted by Gasteiger charge is 2.15. The zero-order valence-electron chi connectivity index (χ0n) is 9.38. The van der Waals surface area contributed by atoms with E-state index in [9.17, 15) is 4.79 Å². The van der Waals surface area contributed by atoms with Crippen LogP contribution in [0.3, 0.4) is 0 Å². The van der Waals surface area contributed by atoms with Gasteiger partial charge < -0.3 is 5.11 Å². The monoisotopic (exact) mass is 278 g/mol. The Hall–Kier alpha value is -1.45. The molecule has 0 bridgehead atoms. The van der Waals surface area contributed by atoms with Crippen molar-refractivity contribution in [2.45, 2.75) is 10.3 Å². The van der Waals surface area contributed by atoms with Gasteiger partial charge in [-0.2, -0.15) is 0 Å². The second kappa shape index (κ2) is 5.46. The molecule has 0 aliphatic carbocycles. The molecular weight excluding hydrogens is 268 g/mol. The number of carboxylic acids is 1. The number of rotatable bonds is 3. The molecule has 0 radical (unpaired) electrons. The lowest BCUT2D eigenvalue weighted by molar-refractivity contribution is -0.136. The Bertz CT molecular complexity index is 566. The van der Waals surface area contributed by atoms with Gasteiger partial charge in [0.15, 0.2) is 5.38 Å². The predicted octanol–water partition coefficient (Wildman–Crippen LogP) is 4.01. The Kier molecular flexibility index (Phi) is 3.94. The average molecular weight is 279 g/mol. The van der Waals surface area contributed by atoms with E-state index in [2.05, 4.69) is 12.6 Å². The van der Waals surface area contributed by atoms with Crippen LogP contribution < -0.4 is 0 Å². The summed E-state index contributed by atoms with van der Waals surface area (Å²) in [4.78, 5) is 11.6. The summed E-state index contributed by atoms with van der Waals surface area (Å²) in [5.74, 6) is -1.04. The van der Waals surface area contributed by atoms with Crippen LogP contribution in [0.4, 0.5) is 0 Å². The molecule has 2 aromatic carbocycles. The number of hydrogen-bond donors (Lipinski definition) is 2. The van der Waals surface area contributed by atoms with E-state index >= 15 is 0 Å². The second-order valence-corrected chi connectivity index (χ2v) is 4.76. The molecule has 4 heteroatoms. The number of alkyl halides is 1. The van der Waals surface area contributed by atoms with Gasteiger partial charge in [0.05, 0.1) is 0 Å². The molecule has 0 aromatic heterocycles. The topological polar surface area (TPSA) is 37.3 Å².